The van der Waals surface area contributed by atoms with Crippen molar-refractivity contribution in [3.05, 3.63) is 40.0 Å². The summed E-state index contributed by atoms with van der Waals surface area (Å²) in [7, 11) is 0. The number of halogens is 6. The summed E-state index contributed by atoms with van der Waals surface area (Å²) in [6, 6.07) is 0.845. The molecule has 2 aromatic rings. The average Bonchev–Trinajstić information content (AvgIpc) is 2.43. The molecule has 0 saturated heterocycles. The largest absolute Gasteiger partial charge is 0.476 e. The molecule has 0 atom stereocenters. The number of aromatic nitrogens is 2. The fourth-order valence-corrected chi connectivity index (χ4v) is 1.83. The predicted molar refractivity (Wildman–Crippen MR) is 68.8 cm³/mol. The minimum atomic E-state index is -5.10. The van der Waals surface area contributed by atoms with Crippen molar-refractivity contribution in [2.45, 2.75) is 6.18 Å². The van der Waals surface area contributed by atoms with Crippen molar-refractivity contribution in [1.82, 2.24) is 9.97 Å². The molecule has 0 aliphatic rings. The van der Waals surface area contributed by atoms with Crippen LogP contribution in [0.4, 0.5) is 27.8 Å². The standard InChI is InChI=1S/C12H5ClF5N3O2/c13-5-8(11(22)23)20-10(21-9(5)19)3-1-2-4(12(16,17)18)7(15)6(3)14/h1-2H,(H,22,23)(H2,19,20,21). The number of anilines is 1. The van der Waals surface area contributed by atoms with Crippen molar-refractivity contribution in [2.24, 2.45) is 0 Å². The molecule has 5 nitrogen and oxygen atoms in total. The maximum absolute atomic E-state index is 13.9. The van der Waals surface area contributed by atoms with E-state index in [1.165, 1.54) is 0 Å². The smallest absolute Gasteiger partial charge is 0.419 e. The molecule has 0 aliphatic heterocycles. The fraction of sp³-hybridized carbons (Fsp3) is 0.0833. The van der Waals surface area contributed by atoms with Gasteiger partial charge in [-0.2, -0.15) is 13.2 Å². The number of nitrogen functional groups attached to an aromatic ring is 1. The van der Waals surface area contributed by atoms with E-state index in [0.717, 1.165) is 0 Å². The van der Waals surface area contributed by atoms with Gasteiger partial charge in [0.2, 0.25) is 0 Å². The Morgan fingerprint density at radius 1 is 1.17 bits per heavy atom. The minimum absolute atomic E-state index is 0.280. The minimum Gasteiger partial charge on any atom is -0.476 e. The monoisotopic (exact) mass is 353 g/mol. The second kappa shape index (κ2) is 5.61. The second-order valence-electron chi connectivity index (χ2n) is 4.19. The van der Waals surface area contributed by atoms with E-state index in [1.54, 1.807) is 0 Å². The molecule has 3 N–H and O–H groups in total. The van der Waals surface area contributed by atoms with Gasteiger partial charge in [0.05, 0.1) is 11.1 Å². The maximum Gasteiger partial charge on any atom is 0.419 e. The maximum atomic E-state index is 13.9. The summed E-state index contributed by atoms with van der Waals surface area (Å²) >= 11 is 5.56. The summed E-state index contributed by atoms with van der Waals surface area (Å²) in [6.07, 6.45) is -5.10. The van der Waals surface area contributed by atoms with Crippen LogP contribution in [-0.2, 0) is 6.18 Å². The number of hydrogen-bond acceptors (Lipinski definition) is 4. The summed E-state index contributed by atoms with van der Waals surface area (Å²) in [6.45, 7) is 0. The highest BCUT2D eigenvalue weighted by Gasteiger charge is 2.36. The van der Waals surface area contributed by atoms with Gasteiger partial charge in [0.1, 0.15) is 10.8 Å². The molecule has 0 unspecified atom stereocenters. The Hall–Kier alpha value is -2.49. The van der Waals surface area contributed by atoms with E-state index in [9.17, 15) is 26.7 Å². The number of hydrogen-bond donors (Lipinski definition) is 2. The Bertz CT molecular complexity index is 810. The zero-order chi connectivity index (χ0) is 17.5. The normalized spacial score (nSPS) is 11.6. The summed E-state index contributed by atoms with van der Waals surface area (Å²) in [5.41, 5.74) is 1.93. The van der Waals surface area contributed by atoms with E-state index >= 15 is 0 Å². The van der Waals surface area contributed by atoms with Gasteiger partial charge in [0.25, 0.3) is 0 Å². The third-order valence-electron chi connectivity index (χ3n) is 2.71. The van der Waals surface area contributed by atoms with Crippen LogP contribution in [0.3, 0.4) is 0 Å². The molecule has 0 amide bonds. The van der Waals surface area contributed by atoms with Crippen molar-refractivity contribution in [3.63, 3.8) is 0 Å². The molecule has 122 valence electrons. The number of nitrogens with two attached hydrogens (primary N) is 1. The highest BCUT2D eigenvalue weighted by molar-refractivity contribution is 6.35. The molecule has 0 aliphatic carbocycles. The lowest BCUT2D eigenvalue weighted by Gasteiger charge is -2.11. The van der Waals surface area contributed by atoms with Gasteiger partial charge in [0.15, 0.2) is 23.2 Å². The van der Waals surface area contributed by atoms with E-state index in [0.29, 0.717) is 6.07 Å². The lowest BCUT2D eigenvalue weighted by Crippen LogP contribution is -2.12. The first-order valence-electron chi connectivity index (χ1n) is 5.66. The fourth-order valence-electron chi connectivity index (χ4n) is 1.67. The van der Waals surface area contributed by atoms with Crippen molar-refractivity contribution in [3.8, 4) is 11.4 Å². The number of carboxylic acid groups (broad SMARTS) is 1. The van der Waals surface area contributed by atoms with E-state index in [-0.39, 0.29) is 6.07 Å². The Kier molecular flexibility index (Phi) is 4.12. The Balaban J connectivity index is 2.69. The second-order valence-corrected chi connectivity index (χ2v) is 4.56. The van der Waals surface area contributed by atoms with Crippen LogP contribution in [-0.4, -0.2) is 21.0 Å². The molecule has 11 heteroatoms. The first-order chi connectivity index (χ1) is 10.5. The highest BCUT2D eigenvalue weighted by atomic mass is 35.5. The van der Waals surface area contributed by atoms with Crippen LogP contribution in [0.1, 0.15) is 16.1 Å². The van der Waals surface area contributed by atoms with Gasteiger partial charge in [-0.1, -0.05) is 11.6 Å². The van der Waals surface area contributed by atoms with Crippen LogP contribution < -0.4 is 5.73 Å². The first-order valence-corrected chi connectivity index (χ1v) is 6.03. The topological polar surface area (TPSA) is 89.1 Å². The van der Waals surface area contributed by atoms with E-state index in [2.05, 4.69) is 9.97 Å². The molecule has 0 saturated carbocycles. The summed E-state index contributed by atoms with van der Waals surface area (Å²) in [5.74, 6) is -6.94. The SMILES string of the molecule is Nc1nc(-c2ccc(C(F)(F)F)c(F)c2F)nc(C(=O)O)c1Cl. The third-order valence-corrected chi connectivity index (χ3v) is 3.08. The highest BCUT2D eigenvalue weighted by Crippen LogP contribution is 2.35. The Morgan fingerprint density at radius 3 is 2.30 bits per heavy atom. The number of rotatable bonds is 2. The third kappa shape index (κ3) is 3.02. The molecule has 2 rings (SSSR count). The molecule has 23 heavy (non-hydrogen) atoms. The van der Waals surface area contributed by atoms with E-state index < -0.39 is 57.3 Å². The molecule has 1 aromatic carbocycles. The van der Waals surface area contributed by atoms with E-state index in [1.807, 2.05) is 0 Å². The molecule has 0 radical (unpaired) electrons. The lowest BCUT2D eigenvalue weighted by atomic mass is 10.1. The molecule has 1 aromatic heterocycles. The molecular weight excluding hydrogens is 349 g/mol. The summed E-state index contributed by atoms with van der Waals surface area (Å²) in [4.78, 5) is 17.8. The van der Waals surface area contributed by atoms with Gasteiger partial charge in [-0.15, -0.1) is 0 Å². The number of carbonyl (C=O) groups is 1. The van der Waals surface area contributed by atoms with Gasteiger partial charge in [-0.05, 0) is 12.1 Å². The number of carboxylic acids is 1. The van der Waals surface area contributed by atoms with Gasteiger partial charge < -0.3 is 10.8 Å². The molecule has 1 heterocycles. The first kappa shape index (κ1) is 16.9. The van der Waals surface area contributed by atoms with Crippen LogP contribution in [0.2, 0.25) is 5.02 Å². The number of nitrogens with zero attached hydrogens (tertiary/aromatic N) is 2. The summed E-state index contributed by atoms with van der Waals surface area (Å²) in [5, 5.41) is 8.36. The molecule has 0 bridgehead atoms. The van der Waals surface area contributed by atoms with Gasteiger partial charge in [-0.3, -0.25) is 0 Å². The van der Waals surface area contributed by atoms with Gasteiger partial charge in [0, 0.05) is 0 Å². The van der Waals surface area contributed by atoms with Crippen LogP contribution >= 0.6 is 11.6 Å². The van der Waals surface area contributed by atoms with Crippen LogP contribution in [0.5, 0.6) is 0 Å². The number of benzene rings is 1. The quantitative estimate of drug-likeness (QED) is 0.808. The predicted octanol–water partition coefficient (Wildman–Crippen LogP) is 3.37. The van der Waals surface area contributed by atoms with Crippen molar-refractivity contribution >= 4 is 23.4 Å². The Morgan fingerprint density at radius 2 is 1.78 bits per heavy atom. The number of aromatic carboxylic acids is 1. The van der Waals surface area contributed by atoms with Crippen molar-refractivity contribution in [1.29, 1.82) is 0 Å². The van der Waals surface area contributed by atoms with Gasteiger partial charge in [-0.25, -0.2) is 23.5 Å². The van der Waals surface area contributed by atoms with E-state index in [4.69, 9.17) is 22.4 Å². The van der Waals surface area contributed by atoms with Crippen molar-refractivity contribution in [2.75, 3.05) is 5.73 Å². The number of alkyl halides is 3. The zero-order valence-corrected chi connectivity index (χ0v) is 11.5. The summed E-state index contributed by atoms with van der Waals surface area (Å²) < 4.78 is 64.9. The Labute approximate surface area is 129 Å². The average molecular weight is 354 g/mol. The van der Waals surface area contributed by atoms with Crippen LogP contribution in [0.15, 0.2) is 12.1 Å². The van der Waals surface area contributed by atoms with Crippen molar-refractivity contribution < 1.29 is 31.9 Å². The lowest BCUT2D eigenvalue weighted by molar-refractivity contribution is -0.140. The van der Waals surface area contributed by atoms with Gasteiger partial charge >= 0.3 is 12.1 Å². The van der Waals surface area contributed by atoms with Crippen LogP contribution in [0.25, 0.3) is 11.4 Å². The zero-order valence-electron chi connectivity index (χ0n) is 10.7. The van der Waals surface area contributed by atoms with Crippen LogP contribution in [0, 0.1) is 11.6 Å². The molecular formula is C12H5ClF5N3O2. The molecule has 0 spiro atoms. The molecule has 0 fully saturated rings.